The average Bonchev–Trinajstić information content (AvgIpc) is 3.10. The molecule has 1 aliphatic heterocycles. The molecule has 0 spiro atoms. The number of carboxylic acid groups (broad SMARTS) is 1. The lowest BCUT2D eigenvalue weighted by Gasteiger charge is -2.19. The van der Waals surface area contributed by atoms with Crippen molar-refractivity contribution in [1.82, 2.24) is 14.5 Å². The fourth-order valence-electron chi connectivity index (χ4n) is 2.85. The molecule has 0 aliphatic carbocycles. The van der Waals surface area contributed by atoms with Gasteiger partial charge in [-0.05, 0) is 12.1 Å². The van der Waals surface area contributed by atoms with Crippen molar-refractivity contribution in [3.8, 4) is 0 Å². The number of carbonyl (C=O) groups is 2. The molecule has 2 heterocycles. The SMILES string of the molecule is O=C(Cn1c(C(F)(F)F)nc2ccccc21)N1CCC(F)(C(=O)O)C1. The molecule has 1 aliphatic rings. The van der Waals surface area contributed by atoms with Gasteiger partial charge in [0.1, 0.15) is 6.54 Å². The predicted octanol–water partition coefficient (Wildman–Crippen LogP) is 2.08. The van der Waals surface area contributed by atoms with Crippen LogP contribution in [-0.4, -0.2) is 50.2 Å². The van der Waals surface area contributed by atoms with Crippen LogP contribution in [0.15, 0.2) is 24.3 Å². The number of halogens is 4. The van der Waals surface area contributed by atoms with Gasteiger partial charge in [-0.3, -0.25) is 4.79 Å². The Labute approximate surface area is 138 Å². The molecule has 1 atom stereocenters. The second-order valence-electron chi connectivity index (χ2n) is 5.84. The molecule has 1 aromatic heterocycles. The average molecular weight is 359 g/mol. The van der Waals surface area contributed by atoms with Gasteiger partial charge in [-0.25, -0.2) is 14.2 Å². The minimum absolute atomic E-state index is 0.0782. The molecule has 0 saturated carbocycles. The van der Waals surface area contributed by atoms with Gasteiger partial charge in [-0.15, -0.1) is 0 Å². The zero-order valence-corrected chi connectivity index (χ0v) is 12.8. The third-order valence-corrected chi connectivity index (χ3v) is 4.16. The second kappa shape index (κ2) is 5.71. The maximum Gasteiger partial charge on any atom is 0.449 e. The topological polar surface area (TPSA) is 75.4 Å². The van der Waals surface area contributed by atoms with Crippen molar-refractivity contribution in [2.75, 3.05) is 13.1 Å². The van der Waals surface area contributed by atoms with Crippen molar-refractivity contribution in [2.24, 2.45) is 0 Å². The van der Waals surface area contributed by atoms with E-state index in [-0.39, 0.29) is 17.6 Å². The highest BCUT2D eigenvalue weighted by Crippen LogP contribution is 2.32. The highest BCUT2D eigenvalue weighted by molar-refractivity contribution is 5.84. The van der Waals surface area contributed by atoms with Crippen LogP contribution in [0.2, 0.25) is 0 Å². The number of carboxylic acids is 1. The first-order chi connectivity index (χ1) is 11.6. The number of benzene rings is 1. The second-order valence-corrected chi connectivity index (χ2v) is 5.84. The molecule has 3 rings (SSSR count). The number of aliphatic carboxylic acids is 1. The molecule has 1 saturated heterocycles. The van der Waals surface area contributed by atoms with E-state index in [0.29, 0.717) is 0 Å². The van der Waals surface area contributed by atoms with Crippen LogP contribution in [-0.2, 0) is 22.3 Å². The minimum Gasteiger partial charge on any atom is -0.479 e. The van der Waals surface area contributed by atoms with Gasteiger partial charge in [0.15, 0.2) is 0 Å². The number of carbonyl (C=O) groups excluding carboxylic acids is 1. The van der Waals surface area contributed by atoms with Gasteiger partial charge in [-0.1, -0.05) is 12.1 Å². The van der Waals surface area contributed by atoms with Crippen LogP contribution < -0.4 is 0 Å². The number of amides is 1. The van der Waals surface area contributed by atoms with Crippen molar-refractivity contribution in [2.45, 2.75) is 24.8 Å². The van der Waals surface area contributed by atoms with Gasteiger partial charge in [0.2, 0.25) is 17.4 Å². The number of rotatable bonds is 3. The molecule has 1 N–H and O–H groups in total. The number of aromatic nitrogens is 2. The molecule has 0 radical (unpaired) electrons. The summed E-state index contributed by atoms with van der Waals surface area (Å²) in [6.07, 6.45) is -5.17. The molecule has 25 heavy (non-hydrogen) atoms. The van der Waals surface area contributed by atoms with E-state index in [4.69, 9.17) is 5.11 Å². The Morgan fingerprint density at radius 1 is 1.28 bits per heavy atom. The van der Waals surface area contributed by atoms with Crippen LogP contribution in [0.3, 0.4) is 0 Å². The number of fused-ring (bicyclic) bond motifs is 1. The van der Waals surface area contributed by atoms with E-state index >= 15 is 0 Å². The number of alkyl halides is 4. The summed E-state index contributed by atoms with van der Waals surface area (Å²) in [4.78, 5) is 27.6. The molecule has 2 aromatic rings. The lowest BCUT2D eigenvalue weighted by molar-refractivity contribution is -0.150. The Bertz CT molecular complexity index is 848. The summed E-state index contributed by atoms with van der Waals surface area (Å²) in [5, 5.41) is 8.84. The monoisotopic (exact) mass is 359 g/mol. The molecular formula is C15H13F4N3O3. The van der Waals surface area contributed by atoms with Gasteiger partial charge in [0.05, 0.1) is 17.6 Å². The lowest BCUT2D eigenvalue weighted by atomic mass is 10.1. The summed E-state index contributed by atoms with van der Waals surface area (Å²) in [7, 11) is 0. The molecule has 1 fully saturated rings. The first-order valence-electron chi connectivity index (χ1n) is 7.34. The summed E-state index contributed by atoms with van der Waals surface area (Å²) in [6, 6.07) is 5.81. The van der Waals surface area contributed by atoms with Crippen molar-refractivity contribution >= 4 is 22.9 Å². The molecule has 0 bridgehead atoms. The summed E-state index contributed by atoms with van der Waals surface area (Å²) >= 11 is 0. The Balaban J connectivity index is 1.90. The highest BCUT2D eigenvalue weighted by atomic mass is 19.4. The summed E-state index contributed by atoms with van der Waals surface area (Å²) in [5.41, 5.74) is -2.37. The quantitative estimate of drug-likeness (QED) is 0.852. The van der Waals surface area contributed by atoms with E-state index in [1.165, 1.54) is 24.3 Å². The Morgan fingerprint density at radius 2 is 1.96 bits per heavy atom. The van der Waals surface area contributed by atoms with E-state index in [1.807, 2.05) is 0 Å². The molecular weight excluding hydrogens is 346 g/mol. The molecule has 134 valence electrons. The summed E-state index contributed by atoms with van der Waals surface area (Å²) in [5.74, 6) is -3.72. The first-order valence-corrected chi connectivity index (χ1v) is 7.34. The molecule has 1 aromatic carbocycles. The lowest BCUT2D eigenvalue weighted by Crippen LogP contribution is -2.40. The van der Waals surface area contributed by atoms with Crippen LogP contribution in [0.4, 0.5) is 17.6 Å². The molecule has 1 unspecified atom stereocenters. The number of nitrogens with zero attached hydrogens (tertiary/aromatic N) is 3. The Hall–Kier alpha value is -2.65. The summed E-state index contributed by atoms with van der Waals surface area (Å²) < 4.78 is 54.4. The van der Waals surface area contributed by atoms with Crippen LogP contribution in [0.5, 0.6) is 0 Å². The summed E-state index contributed by atoms with van der Waals surface area (Å²) in [6.45, 7) is -1.56. The van der Waals surface area contributed by atoms with Crippen LogP contribution in [0.1, 0.15) is 12.2 Å². The van der Waals surface area contributed by atoms with Gasteiger partial charge >= 0.3 is 12.1 Å². The first kappa shape index (κ1) is 17.2. The number of para-hydroxylation sites is 2. The zero-order chi connectivity index (χ0) is 18.4. The van der Waals surface area contributed by atoms with Crippen molar-refractivity contribution in [1.29, 1.82) is 0 Å². The largest absolute Gasteiger partial charge is 0.479 e. The number of likely N-dealkylation sites (tertiary alicyclic amines) is 1. The normalized spacial score (nSPS) is 21.0. The highest BCUT2D eigenvalue weighted by Gasteiger charge is 2.47. The Kier molecular flexibility index (Phi) is 3.92. The Morgan fingerprint density at radius 3 is 2.56 bits per heavy atom. The van der Waals surface area contributed by atoms with Gasteiger partial charge in [0, 0.05) is 13.0 Å². The van der Waals surface area contributed by atoms with E-state index in [9.17, 15) is 27.2 Å². The third kappa shape index (κ3) is 3.03. The third-order valence-electron chi connectivity index (χ3n) is 4.16. The number of imidazole rings is 1. The smallest absolute Gasteiger partial charge is 0.449 e. The van der Waals surface area contributed by atoms with Gasteiger partial charge in [0.25, 0.3) is 0 Å². The minimum atomic E-state index is -4.77. The van der Waals surface area contributed by atoms with Crippen molar-refractivity contribution in [3.63, 3.8) is 0 Å². The fourth-order valence-corrected chi connectivity index (χ4v) is 2.85. The maximum absolute atomic E-state index is 14.1. The molecule has 10 heteroatoms. The van der Waals surface area contributed by atoms with Crippen molar-refractivity contribution < 1.29 is 32.3 Å². The van der Waals surface area contributed by atoms with E-state index in [0.717, 1.165) is 9.47 Å². The van der Waals surface area contributed by atoms with Crippen LogP contribution >= 0.6 is 0 Å². The predicted molar refractivity (Wildman–Crippen MR) is 77.4 cm³/mol. The standard InChI is InChI=1S/C15H13F4N3O3/c16-14(13(24)25)5-6-21(8-14)11(23)7-22-10-4-2-1-3-9(10)20-12(22)15(17,18)19/h1-4H,5-8H2,(H,24,25). The fraction of sp³-hybridized carbons (Fsp3) is 0.400. The molecule has 6 nitrogen and oxygen atoms in total. The van der Waals surface area contributed by atoms with Crippen molar-refractivity contribution in [3.05, 3.63) is 30.1 Å². The van der Waals surface area contributed by atoms with Crippen LogP contribution in [0.25, 0.3) is 11.0 Å². The van der Waals surface area contributed by atoms with Gasteiger partial charge in [-0.2, -0.15) is 13.2 Å². The van der Waals surface area contributed by atoms with E-state index in [2.05, 4.69) is 4.98 Å². The zero-order valence-electron chi connectivity index (χ0n) is 12.8. The van der Waals surface area contributed by atoms with E-state index < -0.39 is 49.1 Å². The van der Waals surface area contributed by atoms with Crippen LogP contribution in [0, 0.1) is 0 Å². The van der Waals surface area contributed by atoms with Gasteiger partial charge < -0.3 is 14.6 Å². The number of hydrogen-bond donors (Lipinski definition) is 1. The van der Waals surface area contributed by atoms with E-state index in [1.54, 1.807) is 0 Å². The molecule has 1 amide bonds. The maximum atomic E-state index is 14.1. The number of hydrogen-bond acceptors (Lipinski definition) is 3.